The lowest BCUT2D eigenvalue weighted by molar-refractivity contribution is 1.28. The highest BCUT2D eigenvalue weighted by molar-refractivity contribution is 14.1. The van der Waals surface area contributed by atoms with E-state index in [1.807, 2.05) is 22.6 Å². The van der Waals surface area contributed by atoms with E-state index in [1.54, 1.807) is 12.1 Å². The minimum Gasteiger partial charge on any atom is -0.397 e. The molecule has 0 aliphatic rings. The third kappa shape index (κ3) is 1.69. The number of nitrogen functional groups attached to an aromatic ring is 1. The third-order valence-electron chi connectivity index (χ3n) is 0.844. The van der Waals surface area contributed by atoms with Crippen LogP contribution in [0.3, 0.4) is 0 Å². The summed E-state index contributed by atoms with van der Waals surface area (Å²) in [6, 6.07) is 3.40. The van der Waals surface area contributed by atoms with Crippen molar-refractivity contribution < 1.29 is 0 Å². The molecule has 0 aliphatic carbocycles. The number of hydrogen-bond acceptors (Lipinski definition) is 2. The van der Waals surface area contributed by atoms with E-state index in [4.69, 9.17) is 17.3 Å². The molecule has 2 N–H and O–H groups in total. The maximum Gasteiger partial charge on any atom is 0.130 e. The van der Waals surface area contributed by atoms with Crippen LogP contribution in [0.4, 0.5) is 5.69 Å². The Hall–Kier alpha value is -0.0300. The van der Waals surface area contributed by atoms with Crippen LogP contribution in [-0.2, 0) is 0 Å². The Bertz CT molecular complexity index is 226. The van der Waals surface area contributed by atoms with Gasteiger partial charge in [-0.2, -0.15) is 0 Å². The summed E-state index contributed by atoms with van der Waals surface area (Å²) in [6.07, 6.45) is 0. The van der Waals surface area contributed by atoms with Crippen LogP contribution in [0.5, 0.6) is 0 Å². The predicted octanol–water partition coefficient (Wildman–Crippen LogP) is 1.92. The summed E-state index contributed by atoms with van der Waals surface area (Å²) in [4.78, 5) is 3.90. The van der Waals surface area contributed by atoms with Crippen molar-refractivity contribution in [3.8, 4) is 0 Å². The normalized spacial score (nSPS) is 9.56. The standard InChI is InChI=1S/C5H4ClIN2/c6-4-2-1-3(8)5(7)9-4/h1-2H,8H2. The van der Waals surface area contributed by atoms with E-state index < -0.39 is 0 Å². The lowest BCUT2D eigenvalue weighted by Gasteiger charge is -1.94. The number of nitrogens with two attached hydrogens (primary N) is 1. The van der Waals surface area contributed by atoms with Crippen molar-refractivity contribution in [1.29, 1.82) is 0 Å². The average molecular weight is 254 g/mol. The Balaban J connectivity index is 3.17. The van der Waals surface area contributed by atoms with Gasteiger partial charge in [-0.3, -0.25) is 0 Å². The zero-order chi connectivity index (χ0) is 6.85. The summed E-state index contributed by atoms with van der Waals surface area (Å²) >= 11 is 7.57. The summed E-state index contributed by atoms with van der Waals surface area (Å²) in [5.41, 5.74) is 6.13. The van der Waals surface area contributed by atoms with Gasteiger partial charge in [-0.25, -0.2) is 4.98 Å². The van der Waals surface area contributed by atoms with Crippen LogP contribution >= 0.6 is 34.2 Å². The van der Waals surface area contributed by atoms with Crippen molar-refractivity contribution in [2.75, 3.05) is 5.73 Å². The molecule has 0 amide bonds. The van der Waals surface area contributed by atoms with Gasteiger partial charge in [0.15, 0.2) is 0 Å². The molecule has 4 heteroatoms. The molecule has 0 aromatic carbocycles. The van der Waals surface area contributed by atoms with E-state index in [0.717, 1.165) is 3.70 Å². The highest BCUT2D eigenvalue weighted by Gasteiger charge is 1.94. The minimum absolute atomic E-state index is 0.480. The maximum absolute atomic E-state index is 5.55. The van der Waals surface area contributed by atoms with Crippen molar-refractivity contribution in [3.63, 3.8) is 0 Å². The molecule has 9 heavy (non-hydrogen) atoms. The van der Waals surface area contributed by atoms with Crippen molar-refractivity contribution in [3.05, 3.63) is 21.0 Å². The van der Waals surface area contributed by atoms with Gasteiger partial charge in [0.25, 0.3) is 0 Å². The molecule has 0 radical (unpaired) electrons. The van der Waals surface area contributed by atoms with Crippen LogP contribution in [0.15, 0.2) is 12.1 Å². The van der Waals surface area contributed by atoms with Gasteiger partial charge >= 0.3 is 0 Å². The Kier molecular flexibility index (Phi) is 2.13. The fraction of sp³-hybridized carbons (Fsp3) is 0. The first-order valence-electron chi connectivity index (χ1n) is 2.27. The molecule has 0 bridgehead atoms. The largest absolute Gasteiger partial charge is 0.397 e. The number of anilines is 1. The van der Waals surface area contributed by atoms with Crippen molar-refractivity contribution in [1.82, 2.24) is 4.98 Å². The zero-order valence-corrected chi connectivity index (χ0v) is 7.35. The molecule has 0 unspecified atom stereocenters. The number of pyridine rings is 1. The Morgan fingerprint density at radius 3 is 2.67 bits per heavy atom. The second-order valence-electron chi connectivity index (χ2n) is 1.51. The molecule has 0 fully saturated rings. The Morgan fingerprint density at radius 2 is 2.22 bits per heavy atom. The molecule has 48 valence electrons. The van der Waals surface area contributed by atoms with Crippen molar-refractivity contribution in [2.24, 2.45) is 0 Å². The first kappa shape index (κ1) is 7.08. The van der Waals surface area contributed by atoms with Crippen LogP contribution in [0.2, 0.25) is 5.15 Å². The van der Waals surface area contributed by atoms with Crippen LogP contribution in [0.25, 0.3) is 0 Å². The van der Waals surface area contributed by atoms with Gasteiger partial charge in [0.2, 0.25) is 0 Å². The smallest absolute Gasteiger partial charge is 0.130 e. The SMILES string of the molecule is Nc1ccc(Cl)nc1I. The second-order valence-corrected chi connectivity index (χ2v) is 2.92. The summed E-state index contributed by atoms with van der Waals surface area (Å²) < 4.78 is 0.750. The lowest BCUT2D eigenvalue weighted by Crippen LogP contribution is -1.91. The number of hydrogen-bond donors (Lipinski definition) is 1. The summed E-state index contributed by atoms with van der Waals surface area (Å²) in [5, 5.41) is 0.480. The Labute approximate surface area is 71.6 Å². The second kappa shape index (κ2) is 2.70. The fourth-order valence-corrected chi connectivity index (χ4v) is 1.15. The molecule has 0 saturated heterocycles. The summed E-state index contributed by atoms with van der Waals surface area (Å²) in [7, 11) is 0. The number of halogens is 2. The molecule has 0 spiro atoms. The van der Waals surface area contributed by atoms with Gasteiger partial charge in [-0.15, -0.1) is 0 Å². The molecule has 1 rings (SSSR count). The van der Waals surface area contributed by atoms with Crippen LogP contribution < -0.4 is 5.73 Å². The van der Waals surface area contributed by atoms with Gasteiger partial charge < -0.3 is 5.73 Å². The van der Waals surface area contributed by atoms with E-state index in [-0.39, 0.29) is 0 Å². The quantitative estimate of drug-likeness (QED) is 0.567. The van der Waals surface area contributed by atoms with Crippen LogP contribution in [0.1, 0.15) is 0 Å². The van der Waals surface area contributed by atoms with Crippen LogP contribution in [-0.4, -0.2) is 4.98 Å². The molecular formula is C5H4ClIN2. The maximum atomic E-state index is 5.55. The van der Waals surface area contributed by atoms with E-state index in [2.05, 4.69) is 4.98 Å². The topological polar surface area (TPSA) is 38.9 Å². The molecule has 2 nitrogen and oxygen atoms in total. The molecule has 0 aliphatic heterocycles. The van der Waals surface area contributed by atoms with Gasteiger partial charge in [-0.05, 0) is 34.7 Å². The van der Waals surface area contributed by atoms with E-state index in [9.17, 15) is 0 Å². The Morgan fingerprint density at radius 1 is 1.56 bits per heavy atom. The lowest BCUT2D eigenvalue weighted by atomic mass is 10.4. The number of aromatic nitrogens is 1. The molecule has 1 heterocycles. The fourth-order valence-electron chi connectivity index (χ4n) is 0.423. The zero-order valence-electron chi connectivity index (χ0n) is 4.44. The van der Waals surface area contributed by atoms with E-state index in [0.29, 0.717) is 10.8 Å². The minimum atomic E-state index is 0.480. The molecule has 0 saturated carbocycles. The predicted molar refractivity (Wildman–Crippen MR) is 46.4 cm³/mol. The molecule has 1 aromatic heterocycles. The summed E-state index contributed by atoms with van der Waals surface area (Å²) in [6.45, 7) is 0. The third-order valence-corrected chi connectivity index (χ3v) is 1.92. The highest BCUT2D eigenvalue weighted by Crippen LogP contribution is 2.14. The molecule has 1 aromatic rings. The van der Waals surface area contributed by atoms with Crippen molar-refractivity contribution in [2.45, 2.75) is 0 Å². The van der Waals surface area contributed by atoms with Gasteiger partial charge in [-0.1, -0.05) is 11.6 Å². The van der Waals surface area contributed by atoms with E-state index in [1.165, 1.54) is 0 Å². The summed E-state index contributed by atoms with van der Waals surface area (Å²) in [5.74, 6) is 0. The van der Waals surface area contributed by atoms with E-state index >= 15 is 0 Å². The van der Waals surface area contributed by atoms with Gasteiger partial charge in [0.05, 0.1) is 5.69 Å². The molecule has 0 atom stereocenters. The average Bonchev–Trinajstić information content (AvgIpc) is 1.80. The van der Waals surface area contributed by atoms with Crippen LogP contribution in [0, 0.1) is 3.70 Å². The van der Waals surface area contributed by atoms with Gasteiger partial charge in [0, 0.05) is 0 Å². The molecular weight excluding hydrogens is 250 g/mol. The first-order valence-corrected chi connectivity index (χ1v) is 3.73. The van der Waals surface area contributed by atoms with Crippen molar-refractivity contribution >= 4 is 39.9 Å². The first-order chi connectivity index (χ1) is 4.20. The number of nitrogens with zero attached hydrogens (tertiary/aromatic N) is 1. The van der Waals surface area contributed by atoms with Gasteiger partial charge in [0.1, 0.15) is 8.85 Å². The number of rotatable bonds is 0. The highest BCUT2D eigenvalue weighted by atomic mass is 127. The monoisotopic (exact) mass is 254 g/mol.